The molecule has 1 aromatic heterocycles. The fraction of sp³-hybridized carbons (Fsp3) is 0.389. The van der Waals surface area contributed by atoms with Gasteiger partial charge in [0.05, 0.1) is 13.0 Å². The van der Waals surface area contributed by atoms with Gasteiger partial charge in [0, 0.05) is 18.7 Å². The number of nitrogens with zero attached hydrogens (tertiary/aromatic N) is 3. The maximum Gasteiger partial charge on any atom is 0.324 e. The first-order valence-electron chi connectivity index (χ1n) is 8.22. The third kappa shape index (κ3) is 3.99. The second-order valence-electron chi connectivity index (χ2n) is 5.81. The van der Waals surface area contributed by atoms with Gasteiger partial charge in [0.15, 0.2) is 0 Å². The highest BCUT2D eigenvalue weighted by atomic mass is 16.5. The minimum atomic E-state index is -0.148. The molecule has 3 rings (SSSR count). The van der Waals surface area contributed by atoms with Gasteiger partial charge in [-0.2, -0.15) is 4.98 Å². The normalized spacial score (nSPS) is 15.0. The number of aromatic nitrogens is 2. The van der Waals surface area contributed by atoms with Gasteiger partial charge in [0.1, 0.15) is 12.4 Å². The summed E-state index contributed by atoms with van der Waals surface area (Å²) >= 11 is 0. The second kappa shape index (κ2) is 7.83. The fourth-order valence-corrected chi connectivity index (χ4v) is 2.79. The molecule has 1 aliphatic heterocycles. The van der Waals surface area contributed by atoms with Crippen LogP contribution < -0.4 is 9.64 Å². The molecule has 2 heterocycles. The van der Waals surface area contributed by atoms with E-state index in [0.29, 0.717) is 31.5 Å². The number of piperidine rings is 1. The number of anilines is 1. The molecule has 25 heavy (non-hydrogen) atoms. The molecule has 2 aromatic rings. The number of carbonyl (C=O) groups excluding carboxylic acids is 1. The summed E-state index contributed by atoms with van der Waals surface area (Å²) in [5, 5.41) is 4.05. The van der Waals surface area contributed by atoms with Gasteiger partial charge in [0.2, 0.25) is 5.82 Å². The third-order valence-corrected chi connectivity index (χ3v) is 4.20. The Kier molecular flexibility index (Phi) is 5.33. The van der Waals surface area contributed by atoms with Crippen LogP contribution in [0.2, 0.25) is 0 Å². The van der Waals surface area contributed by atoms with Crippen LogP contribution in [0.5, 0.6) is 5.75 Å². The van der Waals surface area contributed by atoms with Crippen molar-refractivity contribution in [3.8, 4) is 17.1 Å². The minimum Gasteiger partial charge on any atom is -0.490 e. The van der Waals surface area contributed by atoms with Gasteiger partial charge in [-0.1, -0.05) is 17.8 Å². The van der Waals surface area contributed by atoms with Crippen LogP contribution in [0.4, 0.5) is 6.01 Å². The monoisotopic (exact) mass is 343 g/mol. The van der Waals surface area contributed by atoms with Gasteiger partial charge in [0.25, 0.3) is 0 Å². The van der Waals surface area contributed by atoms with Gasteiger partial charge in [-0.05, 0) is 37.1 Å². The van der Waals surface area contributed by atoms with E-state index < -0.39 is 0 Å². The third-order valence-electron chi connectivity index (χ3n) is 4.20. The molecule has 0 atom stereocenters. The molecule has 0 N–H and O–H groups in total. The number of ether oxygens (including phenoxy) is 2. The molecule has 7 nitrogen and oxygen atoms in total. The number of carbonyl (C=O) groups is 1. The lowest BCUT2D eigenvalue weighted by Gasteiger charge is -2.28. The first-order chi connectivity index (χ1) is 12.2. The van der Waals surface area contributed by atoms with E-state index in [2.05, 4.69) is 16.7 Å². The number of benzene rings is 1. The summed E-state index contributed by atoms with van der Waals surface area (Å²) in [6, 6.07) is 7.96. The van der Waals surface area contributed by atoms with Crippen molar-refractivity contribution in [3.05, 3.63) is 36.9 Å². The van der Waals surface area contributed by atoms with Crippen LogP contribution >= 0.6 is 0 Å². The standard InChI is InChI=1S/C18H21N3O4/c1-3-12-24-15-6-4-13(5-7-15)16-19-18(25-20-16)21-10-8-14(9-11-21)17(22)23-2/h3-7,14H,1,8-12H2,2H3. The average Bonchev–Trinajstić information content (AvgIpc) is 3.16. The van der Waals surface area contributed by atoms with Gasteiger partial charge < -0.3 is 18.9 Å². The van der Waals surface area contributed by atoms with Gasteiger partial charge in [-0.15, -0.1) is 0 Å². The topological polar surface area (TPSA) is 77.7 Å². The lowest BCUT2D eigenvalue weighted by atomic mass is 9.97. The van der Waals surface area contributed by atoms with Crippen LogP contribution in [0.15, 0.2) is 41.4 Å². The maximum atomic E-state index is 11.6. The van der Waals surface area contributed by atoms with Crippen molar-refractivity contribution in [2.75, 3.05) is 31.7 Å². The fourth-order valence-electron chi connectivity index (χ4n) is 2.79. The van der Waals surface area contributed by atoms with E-state index in [1.54, 1.807) is 6.08 Å². The highest BCUT2D eigenvalue weighted by Crippen LogP contribution is 2.26. The van der Waals surface area contributed by atoms with Gasteiger partial charge in [-0.25, -0.2) is 0 Å². The van der Waals surface area contributed by atoms with Crippen molar-refractivity contribution in [1.82, 2.24) is 10.1 Å². The van der Waals surface area contributed by atoms with Crippen molar-refractivity contribution in [2.24, 2.45) is 5.92 Å². The molecule has 7 heteroatoms. The zero-order valence-electron chi connectivity index (χ0n) is 14.2. The molecule has 1 aromatic carbocycles. The van der Waals surface area contributed by atoms with Crippen LogP contribution in [0.25, 0.3) is 11.4 Å². The highest BCUT2D eigenvalue weighted by molar-refractivity contribution is 5.72. The predicted octanol–water partition coefficient (Wildman–Crippen LogP) is 2.69. The van der Waals surface area contributed by atoms with Gasteiger partial charge in [-0.3, -0.25) is 4.79 Å². The number of methoxy groups -OCH3 is 1. The van der Waals surface area contributed by atoms with E-state index in [1.165, 1.54) is 7.11 Å². The van der Waals surface area contributed by atoms with Crippen molar-refractivity contribution in [2.45, 2.75) is 12.8 Å². The summed E-state index contributed by atoms with van der Waals surface area (Å²) < 4.78 is 15.6. The predicted molar refractivity (Wildman–Crippen MR) is 92.4 cm³/mol. The molecule has 0 bridgehead atoms. The Morgan fingerprint density at radius 2 is 2.08 bits per heavy atom. The Morgan fingerprint density at radius 1 is 1.36 bits per heavy atom. The highest BCUT2D eigenvalue weighted by Gasteiger charge is 2.28. The summed E-state index contributed by atoms with van der Waals surface area (Å²) in [6.45, 7) is 5.47. The molecule has 0 unspecified atom stereocenters. The average molecular weight is 343 g/mol. The molecule has 0 radical (unpaired) electrons. The molecule has 1 aliphatic rings. The Hall–Kier alpha value is -2.83. The summed E-state index contributed by atoms with van der Waals surface area (Å²) in [7, 11) is 1.42. The van der Waals surface area contributed by atoms with Crippen molar-refractivity contribution in [3.63, 3.8) is 0 Å². The molecular weight excluding hydrogens is 322 g/mol. The van der Waals surface area contributed by atoms with E-state index in [4.69, 9.17) is 14.0 Å². The summed E-state index contributed by atoms with van der Waals surface area (Å²) in [4.78, 5) is 18.0. The lowest BCUT2D eigenvalue weighted by Crippen LogP contribution is -2.36. The molecule has 0 amide bonds. The summed E-state index contributed by atoms with van der Waals surface area (Å²) in [5.74, 6) is 1.09. The minimum absolute atomic E-state index is 0.0493. The van der Waals surface area contributed by atoms with Crippen LogP contribution in [0.3, 0.4) is 0 Å². The van der Waals surface area contributed by atoms with Crippen molar-refractivity contribution >= 4 is 12.0 Å². The Bertz CT molecular complexity index is 718. The Balaban J connectivity index is 1.63. The van der Waals surface area contributed by atoms with Crippen molar-refractivity contribution in [1.29, 1.82) is 0 Å². The molecule has 0 saturated carbocycles. The zero-order valence-corrected chi connectivity index (χ0v) is 14.2. The molecular formula is C18H21N3O4. The SMILES string of the molecule is C=CCOc1ccc(-c2noc(N3CCC(C(=O)OC)CC3)n2)cc1. The van der Waals surface area contributed by atoms with E-state index in [-0.39, 0.29) is 11.9 Å². The second-order valence-corrected chi connectivity index (χ2v) is 5.81. The number of esters is 1. The number of hydrogen-bond acceptors (Lipinski definition) is 7. The van der Waals surface area contributed by atoms with Crippen molar-refractivity contribution < 1.29 is 18.8 Å². The Labute approximate surface area is 146 Å². The van der Waals surface area contributed by atoms with E-state index in [1.807, 2.05) is 29.2 Å². The largest absolute Gasteiger partial charge is 0.490 e. The molecule has 1 fully saturated rings. The van der Waals surface area contributed by atoms with Gasteiger partial charge >= 0.3 is 12.0 Å². The molecule has 0 aliphatic carbocycles. The van der Waals surface area contributed by atoms with Crippen LogP contribution in [0, 0.1) is 5.92 Å². The van der Waals surface area contributed by atoms with E-state index >= 15 is 0 Å². The summed E-state index contributed by atoms with van der Waals surface area (Å²) in [5.41, 5.74) is 0.852. The molecule has 132 valence electrons. The molecule has 0 spiro atoms. The number of rotatable bonds is 6. The summed E-state index contributed by atoms with van der Waals surface area (Å²) in [6.07, 6.45) is 3.14. The lowest BCUT2D eigenvalue weighted by molar-refractivity contribution is -0.146. The van der Waals surface area contributed by atoms with Crippen LogP contribution in [-0.4, -0.2) is 42.9 Å². The van der Waals surface area contributed by atoms with E-state index in [9.17, 15) is 4.79 Å². The number of hydrogen-bond donors (Lipinski definition) is 0. The van der Waals surface area contributed by atoms with Crippen LogP contribution in [0.1, 0.15) is 12.8 Å². The Morgan fingerprint density at radius 3 is 2.72 bits per heavy atom. The molecule has 1 saturated heterocycles. The smallest absolute Gasteiger partial charge is 0.324 e. The first kappa shape index (κ1) is 17.0. The van der Waals surface area contributed by atoms with E-state index in [0.717, 1.165) is 24.2 Å². The zero-order chi connectivity index (χ0) is 17.6. The maximum absolute atomic E-state index is 11.6. The first-order valence-corrected chi connectivity index (χ1v) is 8.22. The van der Waals surface area contributed by atoms with Crippen LogP contribution in [-0.2, 0) is 9.53 Å². The quantitative estimate of drug-likeness (QED) is 0.589.